The van der Waals surface area contributed by atoms with Crippen LogP contribution in [0.15, 0.2) is 23.8 Å². The lowest BCUT2D eigenvalue weighted by Gasteiger charge is -2.29. The normalized spacial score (nSPS) is 16.8. The number of carboxylic acid groups (broad SMARTS) is 1. The van der Waals surface area contributed by atoms with Gasteiger partial charge in [-0.1, -0.05) is 6.07 Å². The summed E-state index contributed by atoms with van der Waals surface area (Å²) >= 11 is 0. The molecule has 1 aliphatic heterocycles. The number of anilines is 1. The topological polar surface area (TPSA) is 114 Å². The number of nitrogens with two attached hydrogens (primary N) is 1. The Labute approximate surface area is 153 Å². The molecule has 2 rings (SSSR count). The van der Waals surface area contributed by atoms with E-state index in [1.54, 1.807) is 32.9 Å². The van der Waals surface area contributed by atoms with E-state index >= 15 is 0 Å². The highest BCUT2D eigenvalue weighted by Gasteiger charge is 2.32. The van der Waals surface area contributed by atoms with Crippen molar-refractivity contribution < 1.29 is 19.4 Å². The molecule has 7 heteroatoms. The van der Waals surface area contributed by atoms with Crippen LogP contribution in [0.5, 0.6) is 5.75 Å². The molecule has 7 nitrogen and oxygen atoms in total. The number of nitrogens with one attached hydrogen (secondary N) is 2. The summed E-state index contributed by atoms with van der Waals surface area (Å²) in [5.74, 6) is -0.734. The quantitative estimate of drug-likeness (QED) is 0.618. The number of carbonyl (C=O) groups is 2. The standard InChI is InChI=1S/C19H27N3O4/c1-10(2)21-18(25)19(4,5)9-26-13-8-6-7-12-15(13)16(20)14(17(23)24)11(3)22-12/h6-8,10-11,22H,9,20H2,1-5H3,(H,21,25)(H,23,24). The first-order chi connectivity index (χ1) is 12.0. The molecule has 26 heavy (non-hydrogen) atoms. The Morgan fingerprint density at radius 2 is 2.04 bits per heavy atom. The van der Waals surface area contributed by atoms with Gasteiger partial charge in [-0.3, -0.25) is 4.79 Å². The molecule has 1 amide bonds. The first-order valence-electron chi connectivity index (χ1n) is 8.61. The Morgan fingerprint density at radius 1 is 1.38 bits per heavy atom. The molecule has 0 radical (unpaired) electrons. The van der Waals surface area contributed by atoms with Crippen LogP contribution in [0.1, 0.15) is 40.2 Å². The van der Waals surface area contributed by atoms with Gasteiger partial charge in [-0.25, -0.2) is 4.79 Å². The van der Waals surface area contributed by atoms with E-state index in [4.69, 9.17) is 10.5 Å². The van der Waals surface area contributed by atoms with Crippen molar-refractivity contribution in [1.82, 2.24) is 5.32 Å². The Hall–Kier alpha value is -2.70. The average Bonchev–Trinajstić information content (AvgIpc) is 2.51. The van der Waals surface area contributed by atoms with Crippen LogP contribution in [-0.4, -0.2) is 35.7 Å². The molecule has 1 aliphatic rings. The van der Waals surface area contributed by atoms with Crippen molar-refractivity contribution in [3.05, 3.63) is 29.3 Å². The van der Waals surface area contributed by atoms with Gasteiger partial charge < -0.3 is 26.2 Å². The molecule has 1 aromatic carbocycles. The number of benzene rings is 1. The molecule has 142 valence electrons. The molecular formula is C19H27N3O4. The molecule has 0 saturated heterocycles. The highest BCUT2D eigenvalue weighted by atomic mass is 16.5. The monoisotopic (exact) mass is 361 g/mol. The summed E-state index contributed by atoms with van der Waals surface area (Å²) in [6.45, 7) is 9.26. The fourth-order valence-corrected chi connectivity index (χ4v) is 2.80. The summed E-state index contributed by atoms with van der Waals surface area (Å²) in [5.41, 5.74) is 6.90. The molecule has 0 spiro atoms. The second-order valence-electron chi connectivity index (χ2n) is 7.48. The van der Waals surface area contributed by atoms with Crippen LogP contribution in [0.3, 0.4) is 0 Å². The second kappa shape index (κ2) is 7.27. The molecule has 0 bridgehead atoms. The van der Waals surface area contributed by atoms with E-state index < -0.39 is 17.4 Å². The molecule has 0 fully saturated rings. The van der Waals surface area contributed by atoms with Crippen LogP contribution in [-0.2, 0) is 9.59 Å². The molecule has 5 N–H and O–H groups in total. The van der Waals surface area contributed by atoms with E-state index in [1.807, 2.05) is 19.9 Å². The average molecular weight is 361 g/mol. The third kappa shape index (κ3) is 3.92. The fourth-order valence-electron chi connectivity index (χ4n) is 2.80. The molecule has 1 unspecified atom stereocenters. The summed E-state index contributed by atoms with van der Waals surface area (Å²) in [6.07, 6.45) is 0. The summed E-state index contributed by atoms with van der Waals surface area (Å²) < 4.78 is 5.90. The summed E-state index contributed by atoms with van der Waals surface area (Å²) in [4.78, 5) is 23.9. The number of hydrogen-bond donors (Lipinski definition) is 4. The predicted octanol–water partition coefficient (Wildman–Crippen LogP) is 2.18. The van der Waals surface area contributed by atoms with Crippen molar-refractivity contribution in [1.29, 1.82) is 0 Å². The number of ether oxygens (including phenoxy) is 1. The Kier molecular flexibility index (Phi) is 5.49. The predicted molar refractivity (Wildman–Crippen MR) is 101 cm³/mol. The summed E-state index contributed by atoms with van der Waals surface area (Å²) in [7, 11) is 0. The minimum atomic E-state index is -1.07. The first-order valence-corrected chi connectivity index (χ1v) is 8.61. The third-order valence-electron chi connectivity index (χ3n) is 4.24. The molecular weight excluding hydrogens is 334 g/mol. The lowest BCUT2D eigenvalue weighted by Crippen LogP contribution is -2.43. The molecule has 1 atom stereocenters. The maximum Gasteiger partial charge on any atom is 0.335 e. The van der Waals surface area contributed by atoms with Crippen molar-refractivity contribution >= 4 is 23.3 Å². The van der Waals surface area contributed by atoms with Gasteiger partial charge in [0.1, 0.15) is 12.4 Å². The van der Waals surface area contributed by atoms with Gasteiger partial charge in [0.25, 0.3) is 0 Å². The van der Waals surface area contributed by atoms with E-state index in [0.717, 1.165) is 0 Å². The zero-order valence-electron chi connectivity index (χ0n) is 15.8. The van der Waals surface area contributed by atoms with E-state index in [-0.39, 0.29) is 29.8 Å². The van der Waals surface area contributed by atoms with E-state index in [2.05, 4.69) is 10.6 Å². The highest BCUT2D eigenvalue weighted by Crippen LogP contribution is 2.38. The van der Waals surface area contributed by atoms with Gasteiger partial charge in [0.05, 0.1) is 28.3 Å². The third-order valence-corrected chi connectivity index (χ3v) is 4.24. The van der Waals surface area contributed by atoms with Crippen molar-refractivity contribution in [3.8, 4) is 5.75 Å². The number of fused-ring (bicyclic) bond motifs is 1. The van der Waals surface area contributed by atoms with Crippen molar-refractivity contribution in [3.63, 3.8) is 0 Å². The summed E-state index contributed by atoms with van der Waals surface area (Å²) in [6, 6.07) is 4.96. The van der Waals surface area contributed by atoms with Crippen molar-refractivity contribution in [2.24, 2.45) is 11.1 Å². The lowest BCUT2D eigenvalue weighted by molar-refractivity contribution is -0.133. The molecule has 1 aromatic rings. The Bertz CT molecular complexity index is 753. The van der Waals surface area contributed by atoms with Crippen molar-refractivity contribution in [2.75, 3.05) is 11.9 Å². The van der Waals surface area contributed by atoms with Crippen molar-refractivity contribution in [2.45, 2.75) is 46.7 Å². The Morgan fingerprint density at radius 3 is 2.62 bits per heavy atom. The second-order valence-corrected chi connectivity index (χ2v) is 7.48. The van der Waals surface area contributed by atoms with Crippen LogP contribution >= 0.6 is 0 Å². The Balaban J connectivity index is 2.31. The molecule has 0 aromatic heterocycles. The lowest BCUT2D eigenvalue weighted by atomic mass is 9.92. The number of rotatable bonds is 6. The maximum atomic E-state index is 12.3. The van der Waals surface area contributed by atoms with Gasteiger partial charge in [0.15, 0.2) is 0 Å². The number of amides is 1. The van der Waals surface area contributed by atoms with E-state index in [9.17, 15) is 14.7 Å². The maximum absolute atomic E-state index is 12.3. The van der Waals surface area contributed by atoms with Crippen LogP contribution in [0.2, 0.25) is 0 Å². The SMILES string of the molecule is CC(C)NC(=O)C(C)(C)COc1cccc2c1C(N)=C(C(=O)O)C(C)N2. The van der Waals surface area contributed by atoms with Gasteiger partial charge in [-0.2, -0.15) is 0 Å². The zero-order chi connectivity index (χ0) is 19.6. The smallest absolute Gasteiger partial charge is 0.335 e. The zero-order valence-corrected chi connectivity index (χ0v) is 15.8. The molecule has 1 heterocycles. The number of carboxylic acids is 1. The molecule has 0 saturated carbocycles. The van der Waals surface area contributed by atoms with Gasteiger partial charge in [-0.15, -0.1) is 0 Å². The van der Waals surface area contributed by atoms with E-state index in [1.165, 1.54) is 0 Å². The fraction of sp³-hybridized carbons (Fsp3) is 0.474. The number of hydrogen-bond acceptors (Lipinski definition) is 5. The minimum Gasteiger partial charge on any atom is -0.492 e. The largest absolute Gasteiger partial charge is 0.492 e. The van der Waals surface area contributed by atoms with Crippen LogP contribution in [0.4, 0.5) is 5.69 Å². The number of aliphatic carboxylic acids is 1. The van der Waals surface area contributed by atoms with Gasteiger partial charge in [0.2, 0.25) is 5.91 Å². The number of carbonyl (C=O) groups excluding carboxylic acids is 1. The van der Waals surface area contributed by atoms with Crippen LogP contribution in [0, 0.1) is 5.41 Å². The minimum absolute atomic E-state index is 0.0358. The van der Waals surface area contributed by atoms with Gasteiger partial charge >= 0.3 is 5.97 Å². The van der Waals surface area contributed by atoms with Gasteiger partial charge in [0, 0.05) is 11.7 Å². The highest BCUT2D eigenvalue weighted by molar-refractivity contribution is 6.02. The van der Waals surface area contributed by atoms with E-state index in [0.29, 0.717) is 17.0 Å². The summed E-state index contributed by atoms with van der Waals surface area (Å²) in [5, 5.41) is 15.4. The molecule has 0 aliphatic carbocycles. The van der Waals surface area contributed by atoms with Crippen LogP contribution in [0.25, 0.3) is 5.70 Å². The van der Waals surface area contributed by atoms with Crippen LogP contribution < -0.4 is 21.1 Å². The van der Waals surface area contributed by atoms with Gasteiger partial charge in [-0.05, 0) is 46.8 Å². The first kappa shape index (κ1) is 19.6.